The Labute approximate surface area is 189 Å². The normalized spacial score (nSPS) is 12.9. The van der Waals surface area contributed by atoms with Gasteiger partial charge in [-0.15, -0.1) is 0 Å². The van der Waals surface area contributed by atoms with Crippen LogP contribution in [0.1, 0.15) is 42.5 Å². The zero-order valence-electron chi connectivity index (χ0n) is 18.4. The third kappa shape index (κ3) is 5.83. The van der Waals surface area contributed by atoms with Crippen molar-refractivity contribution in [1.82, 2.24) is 10.6 Å². The molecule has 3 rings (SSSR count). The topological polar surface area (TPSA) is 78.4 Å². The number of nitrogens with one attached hydrogen (secondary N) is 2. The van der Waals surface area contributed by atoms with Gasteiger partial charge in [0.25, 0.3) is 0 Å². The Morgan fingerprint density at radius 2 is 1.12 bits per heavy atom. The summed E-state index contributed by atoms with van der Waals surface area (Å²) in [7, 11) is 0. The highest BCUT2D eigenvalue weighted by Gasteiger charge is 2.30. The molecule has 0 saturated carbocycles. The Bertz CT molecular complexity index is 952. The molecule has 5 heteroatoms. The molecule has 5 nitrogen and oxygen atoms in total. The molecule has 3 N–H and O–H groups in total. The Kier molecular flexibility index (Phi) is 8.17. The van der Waals surface area contributed by atoms with E-state index in [1.165, 1.54) is 0 Å². The lowest BCUT2D eigenvalue weighted by Gasteiger charge is -2.27. The number of amides is 2. The van der Waals surface area contributed by atoms with E-state index in [2.05, 4.69) is 10.6 Å². The van der Waals surface area contributed by atoms with Crippen molar-refractivity contribution in [1.29, 1.82) is 0 Å². The largest absolute Gasteiger partial charge is 0.394 e. The third-order valence-electron chi connectivity index (χ3n) is 5.48. The summed E-state index contributed by atoms with van der Waals surface area (Å²) in [6.07, 6.45) is 0. The molecule has 0 saturated heterocycles. The Morgan fingerprint density at radius 3 is 1.53 bits per heavy atom. The van der Waals surface area contributed by atoms with E-state index in [0.717, 1.165) is 16.7 Å². The van der Waals surface area contributed by atoms with Gasteiger partial charge in [-0.05, 0) is 22.6 Å². The fourth-order valence-corrected chi connectivity index (χ4v) is 3.74. The molecular weight excluding hydrogens is 400 g/mol. The highest BCUT2D eigenvalue weighted by Crippen LogP contribution is 2.25. The molecule has 0 unspecified atom stereocenters. The van der Waals surface area contributed by atoms with Crippen LogP contribution >= 0.6 is 0 Å². The lowest BCUT2D eigenvalue weighted by atomic mass is 9.89. The molecular formula is C27H30N2O3. The summed E-state index contributed by atoms with van der Waals surface area (Å²) in [5.74, 6) is -1.23. The minimum Gasteiger partial charge on any atom is -0.394 e. The van der Waals surface area contributed by atoms with Gasteiger partial charge in [0.2, 0.25) is 11.8 Å². The van der Waals surface area contributed by atoms with Crippen molar-refractivity contribution in [2.75, 3.05) is 6.61 Å². The molecule has 3 aromatic rings. The molecule has 2 atom stereocenters. The van der Waals surface area contributed by atoms with Crippen LogP contribution < -0.4 is 10.6 Å². The van der Waals surface area contributed by atoms with Gasteiger partial charge in [0, 0.05) is 0 Å². The van der Waals surface area contributed by atoms with E-state index in [1.807, 2.05) is 105 Å². The van der Waals surface area contributed by atoms with Crippen molar-refractivity contribution in [3.8, 4) is 0 Å². The molecule has 0 aromatic heterocycles. The second-order valence-electron chi connectivity index (χ2n) is 8.14. The molecule has 0 radical (unpaired) electrons. The zero-order valence-corrected chi connectivity index (χ0v) is 18.4. The van der Waals surface area contributed by atoms with E-state index in [0.29, 0.717) is 0 Å². The van der Waals surface area contributed by atoms with Crippen LogP contribution in [0.3, 0.4) is 0 Å². The van der Waals surface area contributed by atoms with Crippen LogP contribution in [-0.4, -0.2) is 29.6 Å². The van der Waals surface area contributed by atoms with Crippen molar-refractivity contribution >= 4 is 11.8 Å². The van der Waals surface area contributed by atoms with Gasteiger partial charge in [0.1, 0.15) is 6.04 Å². The van der Waals surface area contributed by atoms with Gasteiger partial charge in [-0.25, -0.2) is 0 Å². The van der Waals surface area contributed by atoms with Gasteiger partial charge >= 0.3 is 0 Å². The molecule has 166 valence electrons. The van der Waals surface area contributed by atoms with Crippen molar-refractivity contribution in [2.45, 2.75) is 31.8 Å². The average molecular weight is 431 g/mol. The summed E-state index contributed by atoms with van der Waals surface area (Å²) in [4.78, 5) is 26.6. The van der Waals surface area contributed by atoms with E-state index in [4.69, 9.17) is 0 Å². The first-order valence-electron chi connectivity index (χ1n) is 10.9. The maximum Gasteiger partial charge on any atom is 0.243 e. The van der Waals surface area contributed by atoms with Crippen molar-refractivity contribution in [3.63, 3.8) is 0 Å². The summed E-state index contributed by atoms with van der Waals surface area (Å²) >= 11 is 0. The third-order valence-corrected chi connectivity index (χ3v) is 5.48. The van der Waals surface area contributed by atoms with E-state index >= 15 is 0 Å². The maximum absolute atomic E-state index is 13.4. The standard InChI is InChI=1S/C27H30N2O3/c1-19(2)25(27(32)28-23(18-30)20-12-6-3-7-13-20)29-26(31)24(21-14-8-4-9-15-21)22-16-10-5-11-17-22/h3-17,19,23-25,30H,18H2,1-2H3,(H,28,32)(H,29,31)/t23-,25-/m1/s1. The molecule has 3 aromatic carbocycles. The van der Waals surface area contributed by atoms with Crippen molar-refractivity contribution < 1.29 is 14.7 Å². The molecule has 0 aliphatic carbocycles. The molecule has 0 heterocycles. The molecule has 0 fully saturated rings. The van der Waals surface area contributed by atoms with E-state index in [-0.39, 0.29) is 24.3 Å². The number of aliphatic hydroxyl groups is 1. The van der Waals surface area contributed by atoms with Gasteiger partial charge in [0.05, 0.1) is 18.6 Å². The molecule has 2 amide bonds. The first-order chi connectivity index (χ1) is 15.5. The summed E-state index contributed by atoms with van der Waals surface area (Å²) < 4.78 is 0. The number of carbonyl (C=O) groups is 2. The van der Waals surface area contributed by atoms with Gasteiger partial charge in [-0.1, -0.05) is 105 Å². The second-order valence-corrected chi connectivity index (χ2v) is 8.14. The minimum absolute atomic E-state index is 0.138. The first-order valence-corrected chi connectivity index (χ1v) is 10.9. The first kappa shape index (κ1) is 23.2. The average Bonchev–Trinajstić information content (AvgIpc) is 2.82. The smallest absolute Gasteiger partial charge is 0.243 e. The van der Waals surface area contributed by atoms with Crippen LogP contribution in [0.2, 0.25) is 0 Å². The number of aliphatic hydroxyl groups excluding tert-OH is 1. The van der Waals surface area contributed by atoms with Crippen molar-refractivity contribution in [2.24, 2.45) is 5.92 Å². The lowest BCUT2D eigenvalue weighted by molar-refractivity contribution is -0.131. The molecule has 32 heavy (non-hydrogen) atoms. The van der Waals surface area contributed by atoms with Gasteiger partial charge < -0.3 is 15.7 Å². The minimum atomic E-state index is -0.741. The number of rotatable bonds is 9. The summed E-state index contributed by atoms with van der Waals surface area (Å²) in [6, 6.07) is 27.1. The Hall–Kier alpha value is -3.44. The van der Waals surface area contributed by atoms with E-state index in [9.17, 15) is 14.7 Å². The monoisotopic (exact) mass is 430 g/mol. The number of benzene rings is 3. The van der Waals surface area contributed by atoms with Gasteiger partial charge in [-0.2, -0.15) is 0 Å². The van der Waals surface area contributed by atoms with Crippen LogP contribution in [0.25, 0.3) is 0 Å². The lowest BCUT2D eigenvalue weighted by Crippen LogP contribution is -2.52. The molecule has 0 bridgehead atoms. The summed E-state index contributed by atoms with van der Waals surface area (Å²) in [5, 5.41) is 15.7. The van der Waals surface area contributed by atoms with Gasteiger partial charge in [0.15, 0.2) is 0 Å². The molecule has 0 spiro atoms. The van der Waals surface area contributed by atoms with Gasteiger partial charge in [-0.3, -0.25) is 9.59 Å². The fourth-order valence-electron chi connectivity index (χ4n) is 3.74. The fraction of sp³-hybridized carbons (Fsp3) is 0.259. The Balaban J connectivity index is 1.81. The van der Waals surface area contributed by atoms with E-state index in [1.54, 1.807) is 0 Å². The van der Waals surface area contributed by atoms with Crippen LogP contribution in [0.4, 0.5) is 0 Å². The number of hydrogen-bond acceptors (Lipinski definition) is 3. The highest BCUT2D eigenvalue weighted by molar-refractivity contribution is 5.92. The van der Waals surface area contributed by atoms with E-state index < -0.39 is 18.0 Å². The molecule has 0 aliphatic rings. The van der Waals surface area contributed by atoms with Crippen LogP contribution in [0, 0.1) is 5.92 Å². The molecule has 0 aliphatic heterocycles. The summed E-state index contributed by atoms with van der Waals surface area (Å²) in [5.41, 5.74) is 2.52. The second kappa shape index (κ2) is 11.3. The highest BCUT2D eigenvalue weighted by atomic mass is 16.3. The SMILES string of the molecule is CC(C)[C@@H](NC(=O)C(c1ccccc1)c1ccccc1)C(=O)N[C@H](CO)c1ccccc1. The predicted molar refractivity (Wildman–Crippen MR) is 126 cm³/mol. The quantitative estimate of drug-likeness (QED) is 0.483. The Morgan fingerprint density at radius 1 is 0.688 bits per heavy atom. The summed E-state index contributed by atoms with van der Waals surface area (Å²) in [6.45, 7) is 3.55. The number of hydrogen-bond donors (Lipinski definition) is 3. The predicted octanol–water partition coefficient (Wildman–Crippen LogP) is 3.81. The van der Waals surface area contributed by atoms with Crippen molar-refractivity contribution in [3.05, 3.63) is 108 Å². The number of carbonyl (C=O) groups excluding carboxylic acids is 2. The van der Waals surface area contributed by atoms with Crippen LogP contribution in [0.5, 0.6) is 0 Å². The maximum atomic E-state index is 13.4. The zero-order chi connectivity index (χ0) is 22.9. The van der Waals surface area contributed by atoms with Crippen LogP contribution in [0.15, 0.2) is 91.0 Å². The van der Waals surface area contributed by atoms with Crippen LogP contribution in [-0.2, 0) is 9.59 Å².